The molecule has 0 aliphatic carbocycles. The minimum absolute atomic E-state index is 0.000450. The summed E-state index contributed by atoms with van der Waals surface area (Å²) in [4.78, 5) is 13.8. The Kier molecular flexibility index (Phi) is 5.67. The number of amides is 1. The lowest BCUT2D eigenvalue weighted by Gasteiger charge is -2.21. The predicted molar refractivity (Wildman–Crippen MR) is 76.1 cm³/mol. The smallest absolute Gasteiger partial charge is 0.234 e. The van der Waals surface area contributed by atoms with Gasteiger partial charge in [-0.1, -0.05) is 18.2 Å². The van der Waals surface area contributed by atoms with Crippen molar-refractivity contribution in [3.05, 3.63) is 35.6 Å². The Morgan fingerprint density at radius 3 is 2.95 bits per heavy atom. The zero-order chi connectivity index (χ0) is 15.2. The maximum atomic E-state index is 13.4. The van der Waals surface area contributed by atoms with Crippen molar-refractivity contribution in [3.63, 3.8) is 0 Å². The number of hydrogen-bond donors (Lipinski definition) is 2. The molecule has 1 aromatic rings. The van der Waals surface area contributed by atoms with Crippen molar-refractivity contribution >= 4 is 5.91 Å². The molecule has 1 amide bonds. The van der Waals surface area contributed by atoms with E-state index in [2.05, 4.69) is 5.32 Å². The van der Waals surface area contributed by atoms with Crippen molar-refractivity contribution in [1.29, 1.82) is 0 Å². The summed E-state index contributed by atoms with van der Waals surface area (Å²) in [5.74, 6) is -0.514. The van der Waals surface area contributed by atoms with Gasteiger partial charge in [0, 0.05) is 31.8 Å². The van der Waals surface area contributed by atoms with E-state index >= 15 is 0 Å². The molecule has 6 heteroatoms. The zero-order valence-electron chi connectivity index (χ0n) is 12.1. The van der Waals surface area contributed by atoms with Crippen molar-refractivity contribution in [2.45, 2.75) is 25.1 Å². The molecule has 2 atom stereocenters. The molecule has 2 N–H and O–H groups in total. The van der Waals surface area contributed by atoms with E-state index in [1.54, 1.807) is 25.3 Å². The summed E-state index contributed by atoms with van der Waals surface area (Å²) in [6.07, 6.45) is 0.759. The van der Waals surface area contributed by atoms with Crippen molar-refractivity contribution in [2.75, 3.05) is 26.8 Å². The number of ether oxygens (including phenoxy) is 1. The summed E-state index contributed by atoms with van der Waals surface area (Å²) in [5, 5.41) is 12.0. The molecule has 0 aromatic heterocycles. The first kappa shape index (κ1) is 15.9. The molecule has 0 unspecified atom stereocenters. The van der Waals surface area contributed by atoms with Gasteiger partial charge in [-0.2, -0.15) is 0 Å². The molecule has 1 heterocycles. The topological polar surface area (TPSA) is 61.8 Å². The van der Waals surface area contributed by atoms with Gasteiger partial charge in [0.15, 0.2) is 0 Å². The molecule has 1 fully saturated rings. The molecule has 21 heavy (non-hydrogen) atoms. The predicted octanol–water partition coefficient (Wildman–Crippen LogP) is 0.524. The SMILES string of the molecule is CO[C@H]1C[C@@H](CO)N(CC(=O)NCc2ccccc2F)C1. The van der Waals surface area contributed by atoms with E-state index in [1.807, 2.05) is 4.90 Å². The second-order valence-electron chi connectivity index (χ2n) is 5.23. The van der Waals surface area contributed by atoms with Crippen molar-refractivity contribution in [1.82, 2.24) is 10.2 Å². The number of halogens is 1. The van der Waals surface area contributed by atoms with Crippen LogP contribution in [0.15, 0.2) is 24.3 Å². The Hall–Kier alpha value is -1.50. The highest BCUT2D eigenvalue weighted by Gasteiger charge is 2.32. The summed E-state index contributed by atoms with van der Waals surface area (Å²) in [5.41, 5.74) is 0.459. The standard InChI is InChI=1S/C15H21FN2O3/c1-21-13-6-12(10-19)18(8-13)9-15(20)17-7-11-4-2-3-5-14(11)16/h2-5,12-13,19H,6-10H2,1H3,(H,17,20)/t12-,13-/m0/s1. The molecule has 1 saturated heterocycles. The van der Waals surface area contributed by atoms with E-state index in [0.29, 0.717) is 18.5 Å². The average Bonchev–Trinajstić information content (AvgIpc) is 2.88. The number of aliphatic hydroxyl groups is 1. The van der Waals surface area contributed by atoms with Crippen LogP contribution >= 0.6 is 0 Å². The number of nitrogens with zero attached hydrogens (tertiary/aromatic N) is 1. The van der Waals surface area contributed by atoms with Gasteiger partial charge < -0.3 is 15.2 Å². The van der Waals surface area contributed by atoms with Gasteiger partial charge in [-0.3, -0.25) is 9.69 Å². The molecule has 0 spiro atoms. The lowest BCUT2D eigenvalue weighted by atomic mass is 10.2. The number of rotatable bonds is 6. The van der Waals surface area contributed by atoms with Crippen LogP contribution in [0.5, 0.6) is 0 Å². The maximum absolute atomic E-state index is 13.4. The van der Waals surface area contributed by atoms with E-state index in [9.17, 15) is 14.3 Å². The summed E-state index contributed by atoms with van der Waals surface area (Å²) in [7, 11) is 1.63. The number of carbonyl (C=O) groups excluding carboxylic acids is 1. The summed E-state index contributed by atoms with van der Waals surface area (Å²) >= 11 is 0. The Morgan fingerprint density at radius 1 is 1.52 bits per heavy atom. The quantitative estimate of drug-likeness (QED) is 0.803. The second kappa shape index (κ2) is 7.49. The Balaban J connectivity index is 1.83. The molecule has 5 nitrogen and oxygen atoms in total. The first-order valence-corrected chi connectivity index (χ1v) is 7.01. The number of likely N-dealkylation sites (tertiary alicyclic amines) is 1. The first-order chi connectivity index (χ1) is 10.1. The van der Waals surface area contributed by atoms with E-state index < -0.39 is 0 Å². The Morgan fingerprint density at radius 2 is 2.29 bits per heavy atom. The summed E-state index contributed by atoms with van der Waals surface area (Å²) < 4.78 is 18.7. The third-order valence-electron chi connectivity index (χ3n) is 3.81. The number of benzene rings is 1. The van der Waals surface area contributed by atoms with Crippen LogP contribution in [-0.2, 0) is 16.1 Å². The van der Waals surface area contributed by atoms with Crippen LogP contribution in [0.1, 0.15) is 12.0 Å². The normalized spacial score (nSPS) is 22.4. The van der Waals surface area contributed by atoms with Crippen molar-refractivity contribution in [3.8, 4) is 0 Å². The summed E-state index contributed by atoms with van der Waals surface area (Å²) in [6.45, 7) is 0.964. The van der Waals surface area contributed by atoms with Crippen LogP contribution in [0.4, 0.5) is 4.39 Å². The Labute approximate surface area is 123 Å². The maximum Gasteiger partial charge on any atom is 0.234 e. The van der Waals surface area contributed by atoms with Gasteiger partial charge in [0.05, 0.1) is 19.3 Å². The van der Waals surface area contributed by atoms with Crippen LogP contribution in [0.25, 0.3) is 0 Å². The van der Waals surface area contributed by atoms with E-state index in [1.165, 1.54) is 6.07 Å². The first-order valence-electron chi connectivity index (χ1n) is 7.01. The zero-order valence-corrected chi connectivity index (χ0v) is 12.1. The van der Waals surface area contributed by atoms with Gasteiger partial charge in [-0.25, -0.2) is 4.39 Å². The molecule has 2 rings (SSSR count). The minimum Gasteiger partial charge on any atom is -0.395 e. The molecule has 0 saturated carbocycles. The highest BCUT2D eigenvalue weighted by Crippen LogP contribution is 2.19. The fourth-order valence-electron chi connectivity index (χ4n) is 2.57. The molecular formula is C15H21FN2O3. The van der Waals surface area contributed by atoms with E-state index in [-0.39, 0.29) is 43.6 Å². The highest BCUT2D eigenvalue weighted by atomic mass is 19.1. The van der Waals surface area contributed by atoms with Crippen molar-refractivity contribution < 1.29 is 19.0 Å². The Bertz CT molecular complexity index is 484. The minimum atomic E-state index is -0.327. The molecule has 0 bridgehead atoms. The van der Waals surface area contributed by atoms with Gasteiger partial charge in [0.2, 0.25) is 5.91 Å². The molecule has 116 valence electrons. The monoisotopic (exact) mass is 296 g/mol. The third kappa shape index (κ3) is 4.23. The van der Waals surface area contributed by atoms with Gasteiger partial charge in [-0.15, -0.1) is 0 Å². The molecule has 1 aromatic carbocycles. The van der Waals surface area contributed by atoms with Crippen LogP contribution in [-0.4, -0.2) is 54.9 Å². The van der Waals surface area contributed by atoms with Crippen LogP contribution in [0, 0.1) is 5.82 Å². The number of methoxy groups -OCH3 is 1. The number of nitrogens with one attached hydrogen (secondary N) is 1. The van der Waals surface area contributed by atoms with Gasteiger partial charge in [0.25, 0.3) is 0 Å². The fraction of sp³-hybridized carbons (Fsp3) is 0.533. The van der Waals surface area contributed by atoms with Crippen LogP contribution in [0.3, 0.4) is 0 Å². The van der Waals surface area contributed by atoms with Gasteiger partial charge in [0.1, 0.15) is 5.82 Å². The lowest BCUT2D eigenvalue weighted by molar-refractivity contribution is -0.122. The second-order valence-corrected chi connectivity index (χ2v) is 5.23. The highest BCUT2D eigenvalue weighted by molar-refractivity contribution is 5.78. The lowest BCUT2D eigenvalue weighted by Crippen LogP contribution is -2.41. The van der Waals surface area contributed by atoms with Crippen LogP contribution in [0.2, 0.25) is 0 Å². The van der Waals surface area contributed by atoms with Gasteiger partial charge >= 0.3 is 0 Å². The molecule has 1 aliphatic heterocycles. The molecular weight excluding hydrogens is 275 g/mol. The fourth-order valence-corrected chi connectivity index (χ4v) is 2.57. The molecule has 0 radical (unpaired) electrons. The largest absolute Gasteiger partial charge is 0.395 e. The average molecular weight is 296 g/mol. The molecule has 1 aliphatic rings. The number of hydrogen-bond acceptors (Lipinski definition) is 4. The van der Waals surface area contributed by atoms with Crippen LogP contribution < -0.4 is 5.32 Å². The van der Waals surface area contributed by atoms with Gasteiger partial charge in [-0.05, 0) is 12.5 Å². The number of aliphatic hydroxyl groups excluding tert-OH is 1. The van der Waals surface area contributed by atoms with E-state index in [0.717, 1.165) is 0 Å². The summed E-state index contributed by atoms with van der Waals surface area (Å²) in [6, 6.07) is 6.29. The van der Waals surface area contributed by atoms with E-state index in [4.69, 9.17) is 4.74 Å². The van der Waals surface area contributed by atoms with Crippen molar-refractivity contribution in [2.24, 2.45) is 0 Å². The number of carbonyl (C=O) groups is 1. The third-order valence-corrected chi connectivity index (χ3v) is 3.81.